The van der Waals surface area contributed by atoms with Gasteiger partial charge in [-0.2, -0.15) is 0 Å². The molecule has 6 heteroatoms. The van der Waals surface area contributed by atoms with Gasteiger partial charge in [0.2, 0.25) is 5.91 Å². The molecule has 0 saturated carbocycles. The highest BCUT2D eigenvalue weighted by atomic mass is 16.5. The number of nitrogens with zero attached hydrogens (tertiary/aromatic N) is 1. The van der Waals surface area contributed by atoms with Crippen LogP contribution in [0.1, 0.15) is 12.8 Å². The first kappa shape index (κ1) is 13.7. The largest absolute Gasteiger partial charge is 0.481 e. The Balaban J connectivity index is 2.50. The fourth-order valence-electron chi connectivity index (χ4n) is 1.75. The number of carbonyl (C=O) groups is 2. The van der Waals surface area contributed by atoms with Gasteiger partial charge < -0.3 is 20.5 Å². The second kappa shape index (κ2) is 6.36. The Morgan fingerprint density at radius 1 is 1.65 bits per heavy atom. The zero-order valence-electron chi connectivity index (χ0n) is 9.67. The number of carboxylic acids is 1. The van der Waals surface area contributed by atoms with E-state index in [2.05, 4.69) is 6.58 Å². The molecule has 1 amide bonds. The van der Waals surface area contributed by atoms with Crippen molar-refractivity contribution in [2.24, 2.45) is 5.73 Å². The normalized spacial score (nSPS) is 21.9. The smallest absolute Gasteiger partial charge is 0.306 e. The molecule has 3 N–H and O–H groups in total. The average Bonchev–Trinajstić information content (AvgIpc) is 2.28. The summed E-state index contributed by atoms with van der Waals surface area (Å²) in [5, 5.41) is 8.66. The van der Waals surface area contributed by atoms with E-state index < -0.39 is 18.1 Å². The molecule has 1 rings (SSSR count). The first-order valence-corrected chi connectivity index (χ1v) is 5.53. The van der Waals surface area contributed by atoms with Crippen LogP contribution < -0.4 is 5.73 Å². The van der Waals surface area contributed by atoms with Gasteiger partial charge in [0.15, 0.2) is 0 Å². The minimum absolute atomic E-state index is 0.0967. The number of hydrogen-bond donors (Lipinski definition) is 2. The minimum atomic E-state index is -0.931. The first-order chi connectivity index (χ1) is 8.04. The van der Waals surface area contributed by atoms with Crippen LogP contribution in [0, 0.1) is 0 Å². The summed E-state index contributed by atoms with van der Waals surface area (Å²) >= 11 is 0. The molecule has 0 bridgehead atoms. The van der Waals surface area contributed by atoms with E-state index in [1.807, 2.05) is 0 Å². The Morgan fingerprint density at radius 2 is 2.35 bits per heavy atom. The summed E-state index contributed by atoms with van der Waals surface area (Å²) in [6, 6.07) is -0.601. The molecule has 2 unspecified atom stereocenters. The van der Waals surface area contributed by atoms with E-state index in [0.29, 0.717) is 19.6 Å². The van der Waals surface area contributed by atoms with Crippen molar-refractivity contribution in [3.8, 4) is 0 Å². The molecule has 17 heavy (non-hydrogen) atoms. The molecule has 0 aliphatic carbocycles. The number of hydrogen-bond acceptors (Lipinski definition) is 4. The number of aliphatic carboxylic acids is 1. The molecule has 1 saturated heterocycles. The Bertz CT molecular complexity index is 306. The van der Waals surface area contributed by atoms with Crippen LogP contribution in [0.2, 0.25) is 0 Å². The maximum Gasteiger partial charge on any atom is 0.306 e. The number of nitrogens with two attached hydrogens (primary N) is 1. The maximum absolute atomic E-state index is 11.9. The van der Waals surface area contributed by atoms with Crippen LogP contribution in [0.4, 0.5) is 0 Å². The highest BCUT2D eigenvalue weighted by Gasteiger charge is 2.28. The van der Waals surface area contributed by atoms with Crippen LogP contribution in [0.3, 0.4) is 0 Å². The summed E-state index contributed by atoms with van der Waals surface area (Å²) in [4.78, 5) is 24.0. The third-order valence-electron chi connectivity index (χ3n) is 2.59. The van der Waals surface area contributed by atoms with Crippen molar-refractivity contribution >= 4 is 11.9 Å². The van der Waals surface area contributed by atoms with Gasteiger partial charge in [-0.3, -0.25) is 9.59 Å². The molecule has 96 valence electrons. The van der Waals surface area contributed by atoms with Crippen molar-refractivity contribution in [3.63, 3.8) is 0 Å². The summed E-state index contributed by atoms with van der Waals surface area (Å²) in [5.74, 6) is -1.11. The number of carboxylic acid groups (broad SMARTS) is 1. The summed E-state index contributed by atoms with van der Waals surface area (Å²) in [6.45, 7) is 4.63. The lowest BCUT2D eigenvalue weighted by Gasteiger charge is -2.33. The zero-order valence-corrected chi connectivity index (χ0v) is 9.67. The lowest BCUT2D eigenvalue weighted by molar-refractivity contribution is -0.148. The van der Waals surface area contributed by atoms with Gasteiger partial charge in [-0.1, -0.05) is 6.08 Å². The van der Waals surface area contributed by atoms with Crippen LogP contribution in [0.5, 0.6) is 0 Å². The molecular weight excluding hydrogens is 224 g/mol. The van der Waals surface area contributed by atoms with E-state index in [1.54, 1.807) is 11.0 Å². The number of ether oxygens (including phenoxy) is 1. The van der Waals surface area contributed by atoms with Gasteiger partial charge in [0, 0.05) is 13.1 Å². The van der Waals surface area contributed by atoms with E-state index >= 15 is 0 Å². The van der Waals surface area contributed by atoms with E-state index in [9.17, 15) is 9.59 Å². The van der Waals surface area contributed by atoms with Crippen molar-refractivity contribution in [2.75, 3.05) is 19.7 Å². The maximum atomic E-state index is 11.9. The van der Waals surface area contributed by atoms with Gasteiger partial charge in [-0.15, -0.1) is 6.58 Å². The molecule has 2 atom stereocenters. The molecule has 1 aliphatic rings. The van der Waals surface area contributed by atoms with E-state index in [0.717, 1.165) is 0 Å². The highest BCUT2D eigenvalue weighted by Crippen LogP contribution is 2.10. The van der Waals surface area contributed by atoms with Crippen LogP contribution in [-0.4, -0.2) is 53.7 Å². The van der Waals surface area contributed by atoms with Crippen molar-refractivity contribution < 1.29 is 19.4 Å². The monoisotopic (exact) mass is 242 g/mol. The van der Waals surface area contributed by atoms with Crippen LogP contribution in [0.25, 0.3) is 0 Å². The van der Waals surface area contributed by atoms with Gasteiger partial charge in [0.25, 0.3) is 0 Å². The number of morpholine rings is 1. The first-order valence-electron chi connectivity index (χ1n) is 5.53. The number of rotatable bonds is 5. The van der Waals surface area contributed by atoms with Crippen molar-refractivity contribution in [1.82, 2.24) is 4.90 Å². The molecule has 1 heterocycles. The number of amides is 1. The lowest BCUT2D eigenvalue weighted by Crippen LogP contribution is -2.51. The van der Waals surface area contributed by atoms with Crippen LogP contribution in [-0.2, 0) is 14.3 Å². The molecule has 0 radical (unpaired) electrons. The number of carbonyl (C=O) groups excluding carboxylic acids is 1. The summed E-state index contributed by atoms with van der Waals surface area (Å²) in [6.07, 6.45) is 1.47. The molecule has 0 aromatic carbocycles. The quantitative estimate of drug-likeness (QED) is 0.639. The zero-order chi connectivity index (χ0) is 12.8. The molecule has 0 spiro atoms. The van der Waals surface area contributed by atoms with Gasteiger partial charge in [-0.25, -0.2) is 0 Å². The van der Waals surface area contributed by atoms with Crippen molar-refractivity contribution in [2.45, 2.75) is 25.0 Å². The summed E-state index contributed by atoms with van der Waals surface area (Å²) < 4.78 is 5.27. The predicted octanol–water partition coefficient (Wildman–Crippen LogP) is -0.408. The van der Waals surface area contributed by atoms with Gasteiger partial charge >= 0.3 is 5.97 Å². The fraction of sp³-hybridized carbons (Fsp3) is 0.636. The Morgan fingerprint density at radius 3 is 2.94 bits per heavy atom. The van der Waals surface area contributed by atoms with Gasteiger partial charge in [-0.05, 0) is 6.42 Å². The topological polar surface area (TPSA) is 92.9 Å². The molecule has 6 nitrogen and oxygen atoms in total. The Hall–Kier alpha value is -1.40. The van der Waals surface area contributed by atoms with E-state index in [1.165, 1.54) is 0 Å². The van der Waals surface area contributed by atoms with E-state index in [4.69, 9.17) is 15.6 Å². The minimum Gasteiger partial charge on any atom is -0.481 e. The second-order valence-electron chi connectivity index (χ2n) is 4.01. The molecular formula is C11H18N2O4. The van der Waals surface area contributed by atoms with Crippen molar-refractivity contribution in [3.05, 3.63) is 12.7 Å². The SMILES string of the molecule is C=CCC(N)C(=O)N1CCOC(CC(=O)O)C1. The fourth-order valence-corrected chi connectivity index (χ4v) is 1.75. The average molecular weight is 242 g/mol. The molecule has 0 aromatic rings. The summed E-state index contributed by atoms with van der Waals surface area (Å²) in [5.41, 5.74) is 5.69. The third-order valence-corrected chi connectivity index (χ3v) is 2.59. The van der Waals surface area contributed by atoms with Crippen molar-refractivity contribution in [1.29, 1.82) is 0 Å². The van der Waals surface area contributed by atoms with E-state index in [-0.39, 0.29) is 18.9 Å². The standard InChI is InChI=1S/C11H18N2O4/c1-2-3-9(12)11(16)13-4-5-17-8(7-13)6-10(14)15/h2,8-9H,1,3-7,12H2,(H,14,15). The Kier molecular flexibility index (Phi) is 5.11. The summed E-state index contributed by atoms with van der Waals surface area (Å²) in [7, 11) is 0. The molecule has 1 fully saturated rings. The molecule has 0 aromatic heterocycles. The van der Waals surface area contributed by atoms with Gasteiger partial charge in [0.1, 0.15) is 0 Å². The lowest BCUT2D eigenvalue weighted by atomic mass is 10.1. The molecule has 1 aliphatic heterocycles. The predicted molar refractivity (Wildman–Crippen MR) is 61.4 cm³/mol. The highest BCUT2D eigenvalue weighted by molar-refractivity contribution is 5.82. The van der Waals surface area contributed by atoms with Gasteiger partial charge in [0.05, 0.1) is 25.2 Å². The third kappa shape index (κ3) is 4.16. The Labute approximate surface area is 100 Å². The van der Waals surface area contributed by atoms with Crippen LogP contribution >= 0.6 is 0 Å². The van der Waals surface area contributed by atoms with Crippen LogP contribution in [0.15, 0.2) is 12.7 Å². The second-order valence-corrected chi connectivity index (χ2v) is 4.01.